The average Bonchev–Trinajstić information content (AvgIpc) is 3.00. The van der Waals surface area contributed by atoms with Gasteiger partial charge in [-0.15, -0.1) is 0 Å². The summed E-state index contributed by atoms with van der Waals surface area (Å²) in [6.07, 6.45) is 3.99. The first kappa shape index (κ1) is 13.4. The Bertz CT molecular complexity index is 320. The summed E-state index contributed by atoms with van der Waals surface area (Å²) in [7, 11) is 0. The van der Waals surface area contributed by atoms with Gasteiger partial charge in [0.15, 0.2) is 0 Å². The van der Waals surface area contributed by atoms with Crippen molar-refractivity contribution < 1.29 is 0 Å². The Morgan fingerprint density at radius 2 is 1.59 bits per heavy atom. The summed E-state index contributed by atoms with van der Waals surface area (Å²) in [5.74, 6) is 0.982. The van der Waals surface area contributed by atoms with Gasteiger partial charge in [0.25, 0.3) is 0 Å². The van der Waals surface area contributed by atoms with Gasteiger partial charge in [-0.25, -0.2) is 0 Å². The van der Waals surface area contributed by atoms with E-state index >= 15 is 0 Å². The van der Waals surface area contributed by atoms with Gasteiger partial charge in [-0.3, -0.25) is 0 Å². The molecule has 2 aliphatic rings. The molecule has 17 heavy (non-hydrogen) atoms. The summed E-state index contributed by atoms with van der Waals surface area (Å²) in [4.78, 5) is 0. The lowest BCUT2D eigenvalue weighted by molar-refractivity contribution is 0.0325. The van der Waals surface area contributed by atoms with Crippen molar-refractivity contribution in [3.63, 3.8) is 0 Å². The van der Waals surface area contributed by atoms with Crippen molar-refractivity contribution in [1.29, 1.82) is 0 Å². The normalized spacial score (nSPS) is 37.1. The quantitative estimate of drug-likeness (QED) is 0.774. The second kappa shape index (κ2) is 3.27. The molecule has 2 unspecified atom stereocenters. The summed E-state index contributed by atoms with van der Waals surface area (Å²) >= 11 is 0. The molecule has 0 heterocycles. The molecule has 100 valence electrons. The summed E-state index contributed by atoms with van der Waals surface area (Å²) < 4.78 is 0. The third kappa shape index (κ3) is 1.53. The van der Waals surface area contributed by atoms with E-state index in [2.05, 4.69) is 41.5 Å². The van der Waals surface area contributed by atoms with Crippen LogP contribution in [0.4, 0.5) is 0 Å². The van der Waals surface area contributed by atoms with Gasteiger partial charge in [-0.2, -0.15) is 0 Å². The molecule has 2 aliphatic carbocycles. The van der Waals surface area contributed by atoms with Gasteiger partial charge in [0, 0.05) is 11.6 Å². The molecule has 2 rings (SSSR count). The second-order valence-electron chi connectivity index (χ2n) is 7.95. The molecule has 0 aromatic rings. The van der Waals surface area contributed by atoms with Crippen LogP contribution in [0.1, 0.15) is 60.8 Å². The second-order valence-corrected chi connectivity index (χ2v) is 7.95. The van der Waals surface area contributed by atoms with Crippen LogP contribution in [0.3, 0.4) is 0 Å². The molecule has 2 saturated carbocycles. The predicted molar refractivity (Wildman–Crippen MR) is 73.6 cm³/mol. The van der Waals surface area contributed by atoms with Gasteiger partial charge < -0.3 is 11.5 Å². The standard InChI is InChI=1S/C15H30N2/c1-7-14(6,15-8-10(15)9-15)11(16)12(2,3)13(4,5)17/h10-11H,7-9,16-17H2,1-6H3. The van der Waals surface area contributed by atoms with Crippen LogP contribution in [0.25, 0.3) is 0 Å². The van der Waals surface area contributed by atoms with Crippen molar-refractivity contribution in [3.8, 4) is 0 Å². The van der Waals surface area contributed by atoms with Gasteiger partial charge in [-0.1, -0.05) is 27.7 Å². The lowest BCUT2D eigenvalue weighted by atomic mass is 9.57. The highest BCUT2D eigenvalue weighted by Gasteiger charge is 2.78. The van der Waals surface area contributed by atoms with Crippen LogP contribution in [0.2, 0.25) is 0 Å². The van der Waals surface area contributed by atoms with Crippen molar-refractivity contribution in [2.45, 2.75) is 72.4 Å². The maximum absolute atomic E-state index is 6.70. The third-order valence-corrected chi connectivity index (χ3v) is 6.68. The molecule has 0 aromatic heterocycles. The summed E-state index contributed by atoms with van der Waals surface area (Å²) in [6.45, 7) is 13.4. The molecule has 0 amide bonds. The monoisotopic (exact) mass is 238 g/mol. The molecule has 0 aromatic carbocycles. The van der Waals surface area contributed by atoms with Crippen LogP contribution in [-0.2, 0) is 0 Å². The van der Waals surface area contributed by atoms with Gasteiger partial charge in [0.1, 0.15) is 0 Å². The summed E-state index contributed by atoms with van der Waals surface area (Å²) in [6, 6.07) is 0.174. The molecular weight excluding hydrogens is 208 g/mol. The van der Waals surface area contributed by atoms with Crippen molar-refractivity contribution in [2.24, 2.45) is 33.6 Å². The number of hydrogen-bond donors (Lipinski definition) is 2. The molecular formula is C15H30N2. The number of nitrogens with two attached hydrogens (primary N) is 2. The zero-order chi connectivity index (χ0) is 13.3. The minimum atomic E-state index is -0.237. The molecule has 0 aliphatic heterocycles. The smallest absolute Gasteiger partial charge is 0.0167 e. The molecule has 2 fully saturated rings. The molecule has 0 bridgehead atoms. The fourth-order valence-corrected chi connectivity index (χ4v) is 3.71. The van der Waals surface area contributed by atoms with Crippen molar-refractivity contribution in [1.82, 2.24) is 0 Å². The van der Waals surface area contributed by atoms with E-state index in [1.54, 1.807) is 0 Å². The topological polar surface area (TPSA) is 52.0 Å². The Morgan fingerprint density at radius 3 is 1.82 bits per heavy atom. The maximum Gasteiger partial charge on any atom is 0.0167 e. The first-order valence-electron chi connectivity index (χ1n) is 7.07. The van der Waals surface area contributed by atoms with Crippen molar-refractivity contribution in [2.75, 3.05) is 0 Å². The van der Waals surface area contributed by atoms with Gasteiger partial charge in [0.05, 0.1) is 0 Å². The highest BCUT2D eigenvalue weighted by molar-refractivity contribution is 5.28. The highest BCUT2D eigenvalue weighted by Crippen LogP contribution is 2.84. The summed E-state index contributed by atoms with van der Waals surface area (Å²) in [5.41, 5.74) is 13.6. The lowest BCUT2D eigenvalue weighted by Crippen LogP contribution is -2.62. The first-order valence-corrected chi connectivity index (χ1v) is 7.07. The highest BCUT2D eigenvalue weighted by atomic mass is 14.9. The predicted octanol–water partition coefficient (Wildman–Crippen LogP) is 2.90. The Hall–Kier alpha value is -0.0800. The number of fused-ring (bicyclic) bond motifs is 1. The van der Waals surface area contributed by atoms with E-state index in [4.69, 9.17) is 11.5 Å². The van der Waals surface area contributed by atoms with Crippen LogP contribution >= 0.6 is 0 Å². The fraction of sp³-hybridized carbons (Fsp3) is 1.00. The van der Waals surface area contributed by atoms with E-state index in [9.17, 15) is 0 Å². The number of hydrogen-bond acceptors (Lipinski definition) is 2. The molecule has 2 atom stereocenters. The van der Waals surface area contributed by atoms with E-state index in [0.29, 0.717) is 5.41 Å². The minimum absolute atomic E-state index is 0.0394. The third-order valence-electron chi connectivity index (χ3n) is 6.68. The fourth-order valence-electron chi connectivity index (χ4n) is 3.71. The van der Waals surface area contributed by atoms with Crippen LogP contribution < -0.4 is 11.5 Å². The van der Waals surface area contributed by atoms with E-state index in [1.807, 2.05) is 0 Å². The van der Waals surface area contributed by atoms with E-state index < -0.39 is 0 Å². The molecule has 2 heteroatoms. The lowest BCUT2D eigenvalue weighted by Gasteiger charge is -2.52. The van der Waals surface area contributed by atoms with Crippen LogP contribution in [-0.4, -0.2) is 11.6 Å². The Labute approximate surface area is 107 Å². The Balaban J connectivity index is 2.26. The number of rotatable bonds is 5. The Morgan fingerprint density at radius 1 is 1.18 bits per heavy atom. The average molecular weight is 238 g/mol. The van der Waals surface area contributed by atoms with Crippen molar-refractivity contribution >= 4 is 0 Å². The summed E-state index contributed by atoms with van der Waals surface area (Å²) in [5, 5.41) is 0. The Kier molecular flexibility index (Phi) is 2.57. The molecule has 4 N–H and O–H groups in total. The zero-order valence-corrected chi connectivity index (χ0v) is 12.4. The van der Waals surface area contributed by atoms with Gasteiger partial charge in [-0.05, 0) is 55.3 Å². The van der Waals surface area contributed by atoms with Crippen LogP contribution in [0.15, 0.2) is 0 Å². The van der Waals surface area contributed by atoms with Crippen LogP contribution in [0, 0.1) is 22.2 Å². The van der Waals surface area contributed by atoms with Gasteiger partial charge in [0.2, 0.25) is 0 Å². The van der Waals surface area contributed by atoms with E-state index in [0.717, 1.165) is 5.92 Å². The minimum Gasteiger partial charge on any atom is -0.327 e. The SMILES string of the molecule is CCC(C)(C(N)C(C)(C)C(C)(C)N)C12CC1C2. The molecule has 0 radical (unpaired) electrons. The molecule has 2 nitrogen and oxygen atoms in total. The van der Waals surface area contributed by atoms with Gasteiger partial charge >= 0.3 is 0 Å². The first-order chi connectivity index (χ1) is 7.53. The van der Waals surface area contributed by atoms with Crippen molar-refractivity contribution in [3.05, 3.63) is 0 Å². The van der Waals surface area contributed by atoms with Crippen LogP contribution in [0.5, 0.6) is 0 Å². The maximum atomic E-state index is 6.70. The van der Waals surface area contributed by atoms with E-state index in [-0.39, 0.29) is 22.4 Å². The zero-order valence-electron chi connectivity index (χ0n) is 12.4. The largest absolute Gasteiger partial charge is 0.327 e. The molecule has 0 spiro atoms. The molecule has 0 saturated heterocycles. The van der Waals surface area contributed by atoms with E-state index in [1.165, 1.54) is 19.3 Å².